The molecule has 0 unspecified atom stereocenters. The fraction of sp³-hybridized carbons (Fsp3) is 0.231. The molecule has 2 N–H and O–H groups in total. The second-order valence-electron chi connectivity index (χ2n) is 8.23. The second-order valence-corrected chi connectivity index (χ2v) is 8.23. The van der Waals surface area contributed by atoms with Crippen molar-refractivity contribution in [2.45, 2.75) is 32.4 Å². The van der Waals surface area contributed by atoms with E-state index in [4.69, 9.17) is 4.74 Å². The van der Waals surface area contributed by atoms with Crippen LogP contribution in [0.5, 0.6) is 11.6 Å². The van der Waals surface area contributed by atoms with Crippen molar-refractivity contribution in [3.63, 3.8) is 0 Å². The Balaban J connectivity index is 1.38. The van der Waals surface area contributed by atoms with Gasteiger partial charge in [0.05, 0.1) is 17.4 Å². The molecule has 2 aromatic carbocycles. The largest absolute Gasteiger partial charge is 0.438 e. The summed E-state index contributed by atoms with van der Waals surface area (Å²) in [5.41, 5.74) is 0.599. The first-order chi connectivity index (χ1) is 17.7. The SMILES string of the molecule is CCCCNC(=O)n1ccc2c(Oc3ccc(NC(=O)Cc4ccc(C(F)(F)F)cc4)cc3)ncnc21. The third-order valence-corrected chi connectivity index (χ3v) is 5.47. The molecule has 0 saturated heterocycles. The van der Waals surface area contributed by atoms with Crippen LogP contribution >= 0.6 is 0 Å². The van der Waals surface area contributed by atoms with Crippen LogP contribution in [0.2, 0.25) is 0 Å². The molecule has 37 heavy (non-hydrogen) atoms. The maximum absolute atomic E-state index is 12.7. The first-order valence-corrected chi connectivity index (χ1v) is 11.6. The van der Waals surface area contributed by atoms with Crippen LogP contribution in [0.15, 0.2) is 67.1 Å². The van der Waals surface area contributed by atoms with E-state index >= 15 is 0 Å². The highest BCUT2D eigenvalue weighted by atomic mass is 19.4. The number of alkyl halides is 3. The average molecular weight is 512 g/mol. The molecular formula is C26H24F3N5O3. The molecule has 0 fully saturated rings. The summed E-state index contributed by atoms with van der Waals surface area (Å²) in [5.74, 6) is 0.342. The summed E-state index contributed by atoms with van der Waals surface area (Å²) < 4.78 is 45.3. The zero-order chi connectivity index (χ0) is 26.4. The summed E-state index contributed by atoms with van der Waals surface area (Å²) in [6, 6.07) is 12.4. The Bertz CT molecular complexity index is 1380. The minimum Gasteiger partial charge on any atom is -0.438 e. The first kappa shape index (κ1) is 25.7. The van der Waals surface area contributed by atoms with Crippen molar-refractivity contribution >= 4 is 28.7 Å². The van der Waals surface area contributed by atoms with Crippen molar-refractivity contribution in [1.29, 1.82) is 0 Å². The van der Waals surface area contributed by atoms with Crippen molar-refractivity contribution in [2.75, 3.05) is 11.9 Å². The predicted octanol–water partition coefficient (Wildman–Crippen LogP) is 5.78. The van der Waals surface area contributed by atoms with Crippen LogP contribution in [0, 0.1) is 0 Å². The number of benzene rings is 2. The van der Waals surface area contributed by atoms with Gasteiger partial charge in [-0.05, 0) is 54.4 Å². The van der Waals surface area contributed by atoms with Crippen molar-refractivity contribution < 1.29 is 27.5 Å². The lowest BCUT2D eigenvalue weighted by Gasteiger charge is -2.10. The number of carbonyl (C=O) groups is 2. The molecule has 2 heterocycles. The molecule has 0 bridgehead atoms. The van der Waals surface area contributed by atoms with Gasteiger partial charge in [0.2, 0.25) is 11.8 Å². The Kier molecular flexibility index (Phi) is 7.71. The number of hydrogen-bond donors (Lipinski definition) is 2. The Labute approximate surface area is 210 Å². The lowest BCUT2D eigenvalue weighted by molar-refractivity contribution is -0.137. The summed E-state index contributed by atoms with van der Waals surface area (Å²) in [6.07, 6.45) is 0.258. The monoisotopic (exact) mass is 511 g/mol. The molecule has 0 atom stereocenters. The highest BCUT2D eigenvalue weighted by molar-refractivity contribution is 5.93. The number of halogens is 3. The standard InChI is InChI=1S/C26H24F3N5O3/c1-2-3-13-30-25(36)34-14-12-21-23(34)31-16-32-24(21)37-20-10-8-19(9-11-20)33-22(35)15-17-4-6-18(7-5-17)26(27,28)29/h4-12,14,16H,2-3,13,15H2,1H3,(H,30,36)(H,33,35). The Morgan fingerprint density at radius 3 is 2.41 bits per heavy atom. The minimum absolute atomic E-state index is 0.0711. The number of anilines is 1. The van der Waals surface area contributed by atoms with E-state index in [0.29, 0.717) is 34.6 Å². The van der Waals surface area contributed by atoms with Gasteiger partial charge in [-0.25, -0.2) is 14.8 Å². The number of carbonyl (C=O) groups excluding carboxylic acids is 2. The summed E-state index contributed by atoms with van der Waals surface area (Å²) in [6.45, 7) is 2.61. The highest BCUT2D eigenvalue weighted by Crippen LogP contribution is 2.30. The van der Waals surface area contributed by atoms with E-state index in [9.17, 15) is 22.8 Å². The summed E-state index contributed by atoms with van der Waals surface area (Å²) in [5, 5.41) is 6.10. The second kappa shape index (κ2) is 11.1. The molecule has 0 aliphatic heterocycles. The summed E-state index contributed by atoms with van der Waals surface area (Å²) in [7, 11) is 0. The molecule has 4 rings (SSSR count). The number of fused-ring (bicyclic) bond motifs is 1. The number of amides is 2. The molecule has 0 radical (unpaired) electrons. The first-order valence-electron chi connectivity index (χ1n) is 11.6. The molecule has 192 valence electrons. The van der Waals surface area contributed by atoms with Crippen molar-refractivity contribution in [3.8, 4) is 11.6 Å². The van der Waals surface area contributed by atoms with Gasteiger partial charge in [0.1, 0.15) is 12.1 Å². The van der Waals surface area contributed by atoms with E-state index in [-0.39, 0.29) is 24.2 Å². The molecular weight excluding hydrogens is 487 g/mol. The Morgan fingerprint density at radius 2 is 1.73 bits per heavy atom. The van der Waals surface area contributed by atoms with Crippen LogP contribution in [0.25, 0.3) is 11.0 Å². The topological polar surface area (TPSA) is 98.1 Å². The molecule has 2 amide bonds. The van der Waals surface area contributed by atoms with Gasteiger partial charge in [0, 0.05) is 18.4 Å². The van der Waals surface area contributed by atoms with E-state index in [1.54, 1.807) is 36.5 Å². The van der Waals surface area contributed by atoms with Crippen LogP contribution in [0.4, 0.5) is 23.7 Å². The smallest absolute Gasteiger partial charge is 0.416 e. The number of aromatic nitrogens is 3. The maximum Gasteiger partial charge on any atom is 0.416 e. The van der Waals surface area contributed by atoms with Crippen molar-refractivity contribution in [3.05, 3.63) is 78.2 Å². The molecule has 2 aromatic heterocycles. The van der Waals surface area contributed by atoms with Gasteiger partial charge >= 0.3 is 12.2 Å². The van der Waals surface area contributed by atoms with Crippen LogP contribution < -0.4 is 15.4 Å². The number of nitrogens with one attached hydrogen (secondary N) is 2. The van der Waals surface area contributed by atoms with Gasteiger partial charge in [-0.15, -0.1) is 0 Å². The fourth-order valence-electron chi connectivity index (χ4n) is 3.55. The molecule has 0 spiro atoms. The number of hydrogen-bond acceptors (Lipinski definition) is 5. The summed E-state index contributed by atoms with van der Waals surface area (Å²) in [4.78, 5) is 33.1. The molecule has 0 aliphatic rings. The average Bonchev–Trinajstić information content (AvgIpc) is 3.30. The van der Waals surface area contributed by atoms with E-state index in [0.717, 1.165) is 25.0 Å². The van der Waals surface area contributed by atoms with Crippen molar-refractivity contribution in [2.24, 2.45) is 0 Å². The number of nitrogens with zero attached hydrogens (tertiary/aromatic N) is 3. The van der Waals surface area contributed by atoms with Crippen LogP contribution in [0.3, 0.4) is 0 Å². The predicted molar refractivity (Wildman–Crippen MR) is 132 cm³/mol. The van der Waals surface area contributed by atoms with Gasteiger partial charge in [-0.2, -0.15) is 13.2 Å². The zero-order valence-electron chi connectivity index (χ0n) is 19.9. The van der Waals surface area contributed by atoms with Gasteiger partial charge in [0.15, 0.2) is 5.65 Å². The van der Waals surface area contributed by atoms with E-state index in [2.05, 4.69) is 20.6 Å². The van der Waals surface area contributed by atoms with Crippen LogP contribution in [0.1, 0.15) is 30.9 Å². The zero-order valence-corrected chi connectivity index (χ0v) is 19.9. The molecule has 0 aliphatic carbocycles. The number of rotatable bonds is 8. The maximum atomic E-state index is 12.7. The highest BCUT2D eigenvalue weighted by Gasteiger charge is 2.30. The molecule has 11 heteroatoms. The lowest BCUT2D eigenvalue weighted by atomic mass is 10.1. The van der Waals surface area contributed by atoms with Gasteiger partial charge < -0.3 is 15.4 Å². The molecule has 8 nitrogen and oxygen atoms in total. The van der Waals surface area contributed by atoms with Gasteiger partial charge in [0.25, 0.3) is 0 Å². The van der Waals surface area contributed by atoms with Gasteiger partial charge in [-0.3, -0.25) is 9.36 Å². The number of unbranched alkanes of at least 4 members (excludes halogenated alkanes) is 1. The lowest BCUT2D eigenvalue weighted by Crippen LogP contribution is -2.28. The normalized spacial score (nSPS) is 11.4. The summed E-state index contributed by atoms with van der Waals surface area (Å²) >= 11 is 0. The Morgan fingerprint density at radius 1 is 1.00 bits per heavy atom. The Hall–Kier alpha value is -4.41. The molecule has 0 saturated carbocycles. The third-order valence-electron chi connectivity index (χ3n) is 5.47. The minimum atomic E-state index is -4.42. The fourth-order valence-corrected chi connectivity index (χ4v) is 3.55. The molecule has 4 aromatic rings. The third kappa shape index (κ3) is 6.43. The van der Waals surface area contributed by atoms with E-state index in [1.165, 1.54) is 23.0 Å². The number of ether oxygens (including phenoxy) is 1. The van der Waals surface area contributed by atoms with E-state index < -0.39 is 11.7 Å². The van der Waals surface area contributed by atoms with Crippen LogP contribution in [-0.2, 0) is 17.4 Å². The van der Waals surface area contributed by atoms with E-state index in [1.807, 2.05) is 6.92 Å². The van der Waals surface area contributed by atoms with Crippen molar-refractivity contribution in [1.82, 2.24) is 19.9 Å². The van der Waals surface area contributed by atoms with Crippen LogP contribution in [-0.4, -0.2) is 33.0 Å². The van der Waals surface area contributed by atoms with Gasteiger partial charge in [-0.1, -0.05) is 25.5 Å². The quantitative estimate of drug-likeness (QED) is 0.292.